The molecule has 2 aliphatic rings. The van der Waals surface area contributed by atoms with E-state index in [4.69, 9.17) is 0 Å². The van der Waals surface area contributed by atoms with E-state index in [2.05, 4.69) is 130 Å². The average molecular weight is 439 g/mol. The van der Waals surface area contributed by atoms with Gasteiger partial charge < -0.3 is 0 Å². The number of allylic oxidation sites excluding steroid dienone is 8. The van der Waals surface area contributed by atoms with Gasteiger partial charge in [-0.3, -0.25) is 0 Å². The summed E-state index contributed by atoms with van der Waals surface area (Å²) in [5, 5.41) is 0. The molecule has 0 bridgehead atoms. The van der Waals surface area contributed by atoms with Crippen molar-refractivity contribution in [2.45, 2.75) is 65.7 Å². The van der Waals surface area contributed by atoms with Crippen molar-refractivity contribution in [2.24, 2.45) is 16.7 Å². The molecule has 0 N–H and O–H groups in total. The molecule has 174 valence electrons. The zero-order valence-electron chi connectivity index (χ0n) is 20.9. The summed E-state index contributed by atoms with van der Waals surface area (Å²) in [6.07, 6.45) is 26.7. The van der Waals surface area contributed by atoms with Crippen LogP contribution in [0.3, 0.4) is 0 Å². The van der Waals surface area contributed by atoms with Gasteiger partial charge >= 0.3 is 0 Å². The monoisotopic (exact) mass is 438 g/mol. The quantitative estimate of drug-likeness (QED) is 0.385. The van der Waals surface area contributed by atoms with Gasteiger partial charge in [-0.25, -0.2) is 0 Å². The van der Waals surface area contributed by atoms with Crippen molar-refractivity contribution in [1.82, 2.24) is 0 Å². The molecule has 2 aromatic carbocycles. The third-order valence-corrected chi connectivity index (χ3v) is 7.72. The lowest BCUT2D eigenvalue weighted by atomic mass is 9.69. The third kappa shape index (κ3) is 7.46. The molecule has 0 saturated heterocycles. The van der Waals surface area contributed by atoms with E-state index in [1.54, 1.807) is 0 Å². The number of benzene rings is 2. The molecule has 0 nitrogen and oxygen atoms in total. The van der Waals surface area contributed by atoms with Gasteiger partial charge in [-0.05, 0) is 72.8 Å². The molecule has 4 rings (SSSR count). The van der Waals surface area contributed by atoms with Gasteiger partial charge in [0.2, 0.25) is 0 Å². The maximum atomic E-state index is 2.42. The molecule has 33 heavy (non-hydrogen) atoms. The van der Waals surface area contributed by atoms with Gasteiger partial charge in [0.25, 0.3) is 0 Å². The van der Waals surface area contributed by atoms with Gasteiger partial charge in [-0.2, -0.15) is 0 Å². The van der Waals surface area contributed by atoms with Gasteiger partial charge in [0.1, 0.15) is 0 Å². The highest BCUT2D eigenvalue weighted by atomic mass is 14.3. The van der Waals surface area contributed by atoms with E-state index in [1.165, 1.54) is 56.1 Å². The highest BCUT2D eigenvalue weighted by molar-refractivity contribution is 5.21. The summed E-state index contributed by atoms with van der Waals surface area (Å²) in [4.78, 5) is 0. The van der Waals surface area contributed by atoms with E-state index in [0.29, 0.717) is 16.7 Å². The van der Waals surface area contributed by atoms with Gasteiger partial charge in [0, 0.05) is 0 Å². The Bertz CT molecular complexity index is 929. The van der Waals surface area contributed by atoms with Crippen molar-refractivity contribution in [3.05, 3.63) is 120 Å². The molecule has 0 aliphatic heterocycles. The Labute approximate surface area is 202 Å². The van der Waals surface area contributed by atoms with E-state index in [0.717, 1.165) is 0 Å². The topological polar surface area (TPSA) is 0 Å². The van der Waals surface area contributed by atoms with Gasteiger partial charge in [-0.1, -0.05) is 130 Å². The standard InChI is InChI=1S/C17H22.C16H20/c1-15(2)17(12-7-4-8-13-17)14-11-16-9-5-3-6-10-16;1-2-16(12-7-4-8-13-16)14-11-15-9-5-3-6-10-15/h3-10,12,15H,11,13-14H2,1-2H3;3-10,12H,2,11,13-14H2,1H3. The number of aryl methyl sites for hydroxylation is 2. The summed E-state index contributed by atoms with van der Waals surface area (Å²) in [7, 11) is 0. The van der Waals surface area contributed by atoms with Gasteiger partial charge in [0.05, 0.1) is 0 Å². The van der Waals surface area contributed by atoms with E-state index >= 15 is 0 Å². The van der Waals surface area contributed by atoms with Crippen molar-refractivity contribution in [1.29, 1.82) is 0 Å². The van der Waals surface area contributed by atoms with E-state index < -0.39 is 0 Å². The van der Waals surface area contributed by atoms with Crippen LogP contribution in [0.15, 0.2) is 109 Å². The fraction of sp³-hybridized carbons (Fsp3) is 0.394. The molecule has 0 spiro atoms. The Morgan fingerprint density at radius 3 is 1.67 bits per heavy atom. The first-order valence-corrected chi connectivity index (χ1v) is 12.8. The second-order valence-corrected chi connectivity index (χ2v) is 10.1. The van der Waals surface area contributed by atoms with E-state index in [1.807, 2.05) is 0 Å². The number of hydrogen-bond donors (Lipinski definition) is 0. The Morgan fingerprint density at radius 1 is 0.667 bits per heavy atom. The predicted molar refractivity (Wildman–Crippen MR) is 145 cm³/mol. The minimum absolute atomic E-state index is 0.366. The number of rotatable bonds is 8. The fourth-order valence-electron chi connectivity index (χ4n) is 4.98. The largest absolute Gasteiger partial charge is 0.0837 e. The van der Waals surface area contributed by atoms with Crippen molar-refractivity contribution >= 4 is 0 Å². The minimum atomic E-state index is 0.366. The lowest BCUT2D eigenvalue weighted by Crippen LogP contribution is -2.26. The molecule has 0 heteroatoms. The van der Waals surface area contributed by atoms with E-state index in [9.17, 15) is 0 Å². The molecule has 0 heterocycles. The number of hydrogen-bond acceptors (Lipinski definition) is 0. The van der Waals surface area contributed by atoms with Gasteiger partial charge in [-0.15, -0.1) is 0 Å². The smallest absolute Gasteiger partial charge is 0.00544 e. The summed E-state index contributed by atoms with van der Waals surface area (Å²) in [6.45, 7) is 6.98. The van der Waals surface area contributed by atoms with Crippen LogP contribution in [0.1, 0.15) is 64.0 Å². The second-order valence-electron chi connectivity index (χ2n) is 10.1. The summed E-state index contributed by atoms with van der Waals surface area (Å²) in [6, 6.07) is 21.6. The lowest BCUT2D eigenvalue weighted by molar-refractivity contribution is 0.245. The third-order valence-electron chi connectivity index (χ3n) is 7.72. The zero-order valence-corrected chi connectivity index (χ0v) is 20.9. The molecule has 0 saturated carbocycles. The molecular weight excluding hydrogens is 396 g/mol. The normalized spacial score (nSPS) is 23.4. The molecule has 0 aromatic heterocycles. The average Bonchev–Trinajstić information content (AvgIpc) is 2.89. The molecule has 0 radical (unpaired) electrons. The molecular formula is C33H42. The van der Waals surface area contributed by atoms with E-state index in [-0.39, 0.29) is 0 Å². The van der Waals surface area contributed by atoms with Crippen LogP contribution >= 0.6 is 0 Å². The Balaban J connectivity index is 0.000000186. The molecule has 2 aromatic rings. The maximum Gasteiger partial charge on any atom is -0.00544 e. The summed E-state index contributed by atoms with van der Waals surface area (Å²) < 4.78 is 0. The lowest BCUT2D eigenvalue weighted by Gasteiger charge is -2.35. The Morgan fingerprint density at radius 2 is 1.21 bits per heavy atom. The maximum absolute atomic E-state index is 2.42. The first-order valence-electron chi connectivity index (χ1n) is 12.8. The Kier molecular flexibility index (Phi) is 9.55. The van der Waals surface area contributed by atoms with Crippen molar-refractivity contribution in [3.63, 3.8) is 0 Å². The van der Waals surface area contributed by atoms with Crippen LogP contribution in [0.4, 0.5) is 0 Å². The first kappa shape index (κ1) is 25.0. The van der Waals surface area contributed by atoms with Crippen molar-refractivity contribution in [2.75, 3.05) is 0 Å². The molecule has 2 atom stereocenters. The van der Waals surface area contributed by atoms with Gasteiger partial charge in [0.15, 0.2) is 0 Å². The summed E-state index contributed by atoms with van der Waals surface area (Å²) in [5.41, 5.74) is 3.68. The molecule has 0 amide bonds. The van der Waals surface area contributed by atoms with Crippen LogP contribution in [-0.4, -0.2) is 0 Å². The second kappa shape index (κ2) is 12.6. The molecule has 0 fully saturated rings. The molecule has 2 unspecified atom stereocenters. The molecule has 2 aliphatic carbocycles. The van der Waals surface area contributed by atoms with Crippen LogP contribution in [-0.2, 0) is 12.8 Å². The van der Waals surface area contributed by atoms with Crippen molar-refractivity contribution < 1.29 is 0 Å². The van der Waals surface area contributed by atoms with Crippen LogP contribution in [0.2, 0.25) is 0 Å². The highest BCUT2D eigenvalue weighted by Crippen LogP contribution is 2.40. The summed E-state index contributed by atoms with van der Waals surface area (Å²) >= 11 is 0. The zero-order chi connectivity index (χ0) is 23.4. The fourth-order valence-corrected chi connectivity index (χ4v) is 4.98. The highest BCUT2D eigenvalue weighted by Gasteiger charge is 2.30. The van der Waals surface area contributed by atoms with Crippen molar-refractivity contribution in [3.8, 4) is 0 Å². The van der Waals surface area contributed by atoms with Crippen LogP contribution in [0, 0.1) is 16.7 Å². The van der Waals surface area contributed by atoms with Crippen LogP contribution in [0.25, 0.3) is 0 Å². The Hall–Kier alpha value is -2.60. The van der Waals surface area contributed by atoms with Crippen LogP contribution < -0.4 is 0 Å². The predicted octanol–water partition coefficient (Wildman–Crippen LogP) is 9.31. The summed E-state index contributed by atoms with van der Waals surface area (Å²) in [5.74, 6) is 0.701. The minimum Gasteiger partial charge on any atom is -0.0837 e. The first-order chi connectivity index (χ1) is 16.1. The SMILES string of the molecule is CC(C)C1(CCc2ccccc2)C=CC=CC1.CCC1(CCc2ccccc2)C=CC=CC1. The van der Waals surface area contributed by atoms with Crippen LogP contribution in [0.5, 0.6) is 0 Å².